The number of carbonyl (C=O) groups excluding carboxylic acids is 1. The molecule has 1 fully saturated rings. The van der Waals surface area contributed by atoms with E-state index < -0.39 is 6.09 Å². The Morgan fingerprint density at radius 3 is 3.07 bits per heavy atom. The second-order valence-corrected chi connectivity index (χ2v) is 3.62. The van der Waals surface area contributed by atoms with Crippen molar-refractivity contribution in [2.45, 2.75) is 19.4 Å². The van der Waals surface area contributed by atoms with Crippen LogP contribution in [0.2, 0.25) is 0 Å². The van der Waals surface area contributed by atoms with E-state index in [9.17, 15) is 9.18 Å². The van der Waals surface area contributed by atoms with E-state index in [-0.39, 0.29) is 11.9 Å². The summed E-state index contributed by atoms with van der Waals surface area (Å²) in [7, 11) is 0. The molecule has 1 aliphatic rings. The minimum absolute atomic E-state index is 0.137. The van der Waals surface area contributed by atoms with Crippen molar-refractivity contribution in [3.63, 3.8) is 0 Å². The topological polar surface area (TPSA) is 38.3 Å². The summed E-state index contributed by atoms with van der Waals surface area (Å²) >= 11 is 0. The van der Waals surface area contributed by atoms with E-state index in [1.54, 1.807) is 6.07 Å². The SMILES string of the molecule is Cc1ccc(F)cc1[C@@H]1CCOC(=O)N1. The van der Waals surface area contributed by atoms with Gasteiger partial charge >= 0.3 is 6.09 Å². The number of alkyl carbamates (subject to hydrolysis) is 1. The summed E-state index contributed by atoms with van der Waals surface area (Å²) in [5.74, 6) is -0.281. The number of hydrogen-bond donors (Lipinski definition) is 1. The van der Waals surface area contributed by atoms with Crippen molar-refractivity contribution in [3.05, 3.63) is 35.1 Å². The highest BCUT2D eigenvalue weighted by atomic mass is 19.1. The molecule has 0 spiro atoms. The van der Waals surface area contributed by atoms with Crippen LogP contribution in [0.25, 0.3) is 0 Å². The van der Waals surface area contributed by atoms with Gasteiger partial charge in [-0.2, -0.15) is 0 Å². The quantitative estimate of drug-likeness (QED) is 0.770. The summed E-state index contributed by atoms with van der Waals surface area (Å²) < 4.78 is 17.8. The number of cyclic esters (lactones) is 1. The lowest BCUT2D eigenvalue weighted by molar-refractivity contribution is 0.115. The zero-order valence-corrected chi connectivity index (χ0v) is 8.42. The Kier molecular flexibility index (Phi) is 2.58. The number of halogens is 1. The highest BCUT2D eigenvalue weighted by molar-refractivity contribution is 5.68. The monoisotopic (exact) mass is 209 g/mol. The summed E-state index contributed by atoms with van der Waals surface area (Å²) in [6.45, 7) is 2.28. The van der Waals surface area contributed by atoms with Gasteiger partial charge in [-0.3, -0.25) is 0 Å². The molecule has 1 heterocycles. The van der Waals surface area contributed by atoms with Gasteiger partial charge in [0.25, 0.3) is 0 Å². The maximum atomic E-state index is 13.1. The fourth-order valence-corrected chi connectivity index (χ4v) is 1.75. The molecule has 15 heavy (non-hydrogen) atoms. The third-order valence-electron chi connectivity index (χ3n) is 2.55. The summed E-state index contributed by atoms with van der Waals surface area (Å²) in [6, 6.07) is 4.46. The van der Waals surface area contributed by atoms with Gasteiger partial charge in [-0.1, -0.05) is 6.07 Å². The number of amides is 1. The maximum absolute atomic E-state index is 13.1. The molecule has 0 bridgehead atoms. The van der Waals surface area contributed by atoms with Crippen LogP contribution in [0.3, 0.4) is 0 Å². The van der Waals surface area contributed by atoms with Crippen LogP contribution in [0, 0.1) is 12.7 Å². The van der Waals surface area contributed by atoms with E-state index in [4.69, 9.17) is 4.74 Å². The van der Waals surface area contributed by atoms with Crippen molar-refractivity contribution in [2.24, 2.45) is 0 Å². The number of nitrogens with one attached hydrogen (secondary N) is 1. The van der Waals surface area contributed by atoms with Gasteiger partial charge in [0.05, 0.1) is 12.6 Å². The molecule has 1 saturated heterocycles. The van der Waals surface area contributed by atoms with E-state index in [1.165, 1.54) is 12.1 Å². The van der Waals surface area contributed by atoms with Crippen LogP contribution in [0.4, 0.5) is 9.18 Å². The lowest BCUT2D eigenvalue weighted by atomic mass is 9.98. The molecular weight excluding hydrogens is 197 g/mol. The lowest BCUT2D eigenvalue weighted by Crippen LogP contribution is -2.35. The lowest BCUT2D eigenvalue weighted by Gasteiger charge is -2.24. The van der Waals surface area contributed by atoms with Gasteiger partial charge in [0.15, 0.2) is 0 Å². The molecule has 2 rings (SSSR count). The van der Waals surface area contributed by atoms with Crippen LogP contribution in [0.5, 0.6) is 0 Å². The molecule has 1 N–H and O–H groups in total. The fourth-order valence-electron chi connectivity index (χ4n) is 1.75. The first-order valence-electron chi connectivity index (χ1n) is 4.86. The molecule has 1 amide bonds. The average molecular weight is 209 g/mol. The van der Waals surface area contributed by atoms with Crippen LogP contribution >= 0.6 is 0 Å². The Morgan fingerprint density at radius 2 is 2.33 bits per heavy atom. The van der Waals surface area contributed by atoms with Crippen LogP contribution in [0.1, 0.15) is 23.6 Å². The van der Waals surface area contributed by atoms with E-state index >= 15 is 0 Å². The zero-order chi connectivity index (χ0) is 10.8. The zero-order valence-electron chi connectivity index (χ0n) is 8.42. The summed E-state index contributed by atoms with van der Waals surface area (Å²) in [5, 5.41) is 2.67. The predicted octanol–water partition coefficient (Wildman–Crippen LogP) is 2.31. The van der Waals surface area contributed by atoms with Gasteiger partial charge in [-0.05, 0) is 30.2 Å². The van der Waals surface area contributed by atoms with Crippen molar-refractivity contribution in [1.29, 1.82) is 0 Å². The molecule has 0 saturated carbocycles. The fraction of sp³-hybridized carbons (Fsp3) is 0.364. The van der Waals surface area contributed by atoms with Crippen molar-refractivity contribution in [2.75, 3.05) is 6.61 Å². The van der Waals surface area contributed by atoms with Crippen molar-refractivity contribution in [1.82, 2.24) is 5.32 Å². The molecule has 0 aliphatic carbocycles. The van der Waals surface area contributed by atoms with Gasteiger partial charge in [0.1, 0.15) is 5.82 Å². The molecular formula is C11H12FNO2. The van der Waals surface area contributed by atoms with E-state index in [0.29, 0.717) is 13.0 Å². The first kappa shape index (κ1) is 9.96. The van der Waals surface area contributed by atoms with Crippen LogP contribution in [0.15, 0.2) is 18.2 Å². The Balaban J connectivity index is 2.27. The van der Waals surface area contributed by atoms with E-state index in [1.807, 2.05) is 6.92 Å². The third kappa shape index (κ3) is 2.09. The van der Waals surface area contributed by atoms with Crippen molar-refractivity contribution < 1.29 is 13.9 Å². The highest BCUT2D eigenvalue weighted by Crippen LogP contribution is 2.23. The number of hydrogen-bond acceptors (Lipinski definition) is 2. The summed E-state index contributed by atoms with van der Waals surface area (Å²) in [6.07, 6.45) is 0.241. The summed E-state index contributed by atoms with van der Waals surface area (Å²) in [4.78, 5) is 11.0. The first-order chi connectivity index (χ1) is 7.16. The molecule has 1 aromatic rings. The van der Waals surface area contributed by atoms with Gasteiger partial charge in [-0.15, -0.1) is 0 Å². The summed E-state index contributed by atoms with van der Waals surface area (Å²) in [5.41, 5.74) is 1.80. The Bertz CT molecular complexity index is 392. The Morgan fingerprint density at radius 1 is 1.53 bits per heavy atom. The smallest absolute Gasteiger partial charge is 0.407 e. The van der Waals surface area contributed by atoms with Crippen LogP contribution in [-0.2, 0) is 4.74 Å². The molecule has 4 heteroatoms. The van der Waals surface area contributed by atoms with E-state index in [2.05, 4.69) is 5.32 Å². The standard InChI is InChI=1S/C11H12FNO2/c1-7-2-3-8(12)6-9(7)10-4-5-15-11(14)13-10/h2-3,6,10H,4-5H2,1H3,(H,13,14)/t10-/m0/s1. The number of benzene rings is 1. The van der Waals surface area contributed by atoms with Gasteiger partial charge in [0.2, 0.25) is 0 Å². The maximum Gasteiger partial charge on any atom is 0.407 e. The van der Waals surface area contributed by atoms with Crippen LogP contribution < -0.4 is 5.32 Å². The number of carbonyl (C=O) groups is 1. The molecule has 3 nitrogen and oxygen atoms in total. The molecule has 1 aromatic carbocycles. The Labute approximate surface area is 87.2 Å². The largest absolute Gasteiger partial charge is 0.449 e. The second-order valence-electron chi connectivity index (χ2n) is 3.62. The molecule has 80 valence electrons. The Hall–Kier alpha value is -1.58. The third-order valence-corrected chi connectivity index (χ3v) is 2.55. The number of rotatable bonds is 1. The average Bonchev–Trinajstić information content (AvgIpc) is 2.22. The van der Waals surface area contributed by atoms with E-state index in [0.717, 1.165) is 11.1 Å². The molecule has 0 aromatic heterocycles. The number of aryl methyl sites for hydroxylation is 1. The molecule has 1 aliphatic heterocycles. The minimum atomic E-state index is -0.435. The second kappa shape index (κ2) is 3.88. The molecule has 0 unspecified atom stereocenters. The molecule has 1 atom stereocenters. The number of ether oxygens (including phenoxy) is 1. The minimum Gasteiger partial charge on any atom is -0.449 e. The normalized spacial score (nSPS) is 20.7. The first-order valence-corrected chi connectivity index (χ1v) is 4.86. The predicted molar refractivity (Wildman–Crippen MR) is 53.0 cm³/mol. The van der Waals surface area contributed by atoms with Gasteiger partial charge in [-0.25, -0.2) is 9.18 Å². The molecule has 0 radical (unpaired) electrons. The van der Waals surface area contributed by atoms with Gasteiger partial charge < -0.3 is 10.1 Å². The van der Waals surface area contributed by atoms with Crippen molar-refractivity contribution in [3.8, 4) is 0 Å². The van der Waals surface area contributed by atoms with Crippen molar-refractivity contribution >= 4 is 6.09 Å². The van der Waals surface area contributed by atoms with Gasteiger partial charge in [0, 0.05) is 6.42 Å². The highest BCUT2D eigenvalue weighted by Gasteiger charge is 2.22. The van der Waals surface area contributed by atoms with Crippen LogP contribution in [-0.4, -0.2) is 12.7 Å².